The number of nitrogens with zero attached hydrogens (tertiary/aromatic N) is 4. The van der Waals surface area contributed by atoms with E-state index in [1.54, 1.807) is 28.9 Å². The molecule has 1 fully saturated rings. The van der Waals surface area contributed by atoms with Gasteiger partial charge in [0.1, 0.15) is 11.6 Å². The number of sulfonamides is 1. The SMILES string of the molecule is CCCn1nnc2cc(S(=O)(=O)N3CCCC[C@H]3C(=O)Nc3cc(Cl)ccc3C)ccc21. The Morgan fingerprint density at radius 2 is 2.03 bits per heavy atom. The number of benzene rings is 2. The van der Waals surface area contributed by atoms with Crippen molar-refractivity contribution in [2.75, 3.05) is 11.9 Å². The van der Waals surface area contributed by atoms with Crippen molar-refractivity contribution in [2.45, 2.75) is 57.0 Å². The van der Waals surface area contributed by atoms with Gasteiger partial charge in [0, 0.05) is 23.8 Å². The van der Waals surface area contributed by atoms with E-state index in [1.807, 2.05) is 19.9 Å². The van der Waals surface area contributed by atoms with Gasteiger partial charge in [-0.05, 0) is 62.1 Å². The van der Waals surface area contributed by atoms with Crippen LogP contribution in [0.3, 0.4) is 0 Å². The van der Waals surface area contributed by atoms with Crippen molar-refractivity contribution in [2.24, 2.45) is 0 Å². The minimum absolute atomic E-state index is 0.118. The van der Waals surface area contributed by atoms with Crippen LogP contribution in [0.5, 0.6) is 0 Å². The molecule has 0 aliphatic carbocycles. The summed E-state index contributed by atoms with van der Waals surface area (Å²) in [6, 6.07) is 9.27. The highest BCUT2D eigenvalue weighted by molar-refractivity contribution is 7.89. The molecule has 10 heteroatoms. The molecule has 0 unspecified atom stereocenters. The lowest BCUT2D eigenvalue weighted by molar-refractivity contribution is -0.120. The van der Waals surface area contributed by atoms with Gasteiger partial charge in [-0.25, -0.2) is 13.1 Å². The maximum Gasteiger partial charge on any atom is 0.243 e. The first-order valence-corrected chi connectivity index (χ1v) is 12.5. The van der Waals surface area contributed by atoms with E-state index < -0.39 is 16.1 Å². The highest BCUT2D eigenvalue weighted by atomic mass is 35.5. The van der Waals surface area contributed by atoms with Crippen molar-refractivity contribution in [1.82, 2.24) is 19.3 Å². The van der Waals surface area contributed by atoms with Gasteiger partial charge in [-0.15, -0.1) is 5.10 Å². The van der Waals surface area contributed by atoms with Crippen LogP contribution in [0, 0.1) is 6.92 Å². The van der Waals surface area contributed by atoms with Crippen LogP contribution in [-0.4, -0.2) is 46.2 Å². The van der Waals surface area contributed by atoms with Gasteiger partial charge >= 0.3 is 0 Å². The quantitative estimate of drug-likeness (QED) is 0.581. The number of amides is 1. The van der Waals surface area contributed by atoms with Gasteiger partial charge in [0.05, 0.1) is 10.4 Å². The van der Waals surface area contributed by atoms with Gasteiger partial charge in [0.15, 0.2) is 0 Å². The Bertz CT molecular complexity index is 1260. The molecule has 1 aliphatic heterocycles. The lowest BCUT2D eigenvalue weighted by Crippen LogP contribution is -2.49. The van der Waals surface area contributed by atoms with E-state index in [-0.39, 0.29) is 17.3 Å². The molecular formula is C22H26ClN5O3S. The number of carbonyl (C=O) groups excluding carboxylic acids is 1. The smallest absolute Gasteiger partial charge is 0.243 e. The first-order chi connectivity index (χ1) is 15.3. The number of piperidine rings is 1. The second-order valence-electron chi connectivity index (χ2n) is 8.04. The number of carbonyl (C=O) groups is 1. The van der Waals surface area contributed by atoms with E-state index in [0.717, 1.165) is 23.9 Å². The first kappa shape index (κ1) is 22.7. The third kappa shape index (κ3) is 4.37. The maximum atomic E-state index is 13.5. The van der Waals surface area contributed by atoms with E-state index in [9.17, 15) is 13.2 Å². The van der Waals surface area contributed by atoms with Crippen LogP contribution in [-0.2, 0) is 21.4 Å². The van der Waals surface area contributed by atoms with Crippen LogP contribution >= 0.6 is 11.6 Å². The number of halogens is 1. The summed E-state index contributed by atoms with van der Waals surface area (Å²) in [7, 11) is -3.89. The topological polar surface area (TPSA) is 97.2 Å². The minimum atomic E-state index is -3.89. The Morgan fingerprint density at radius 3 is 2.81 bits per heavy atom. The monoisotopic (exact) mass is 475 g/mol. The zero-order chi connectivity index (χ0) is 22.9. The molecule has 1 aromatic heterocycles. The number of rotatable bonds is 6. The van der Waals surface area contributed by atoms with Crippen molar-refractivity contribution in [3.63, 3.8) is 0 Å². The fourth-order valence-corrected chi connectivity index (χ4v) is 5.87. The molecular weight excluding hydrogens is 450 g/mol. The second kappa shape index (κ2) is 9.17. The largest absolute Gasteiger partial charge is 0.324 e. The van der Waals surface area contributed by atoms with Crippen molar-refractivity contribution in [3.8, 4) is 0 Å². The molecule has 2 aromatic carbocycles. The molecule has 1 saturated heterocycles. The molecule has 1 atom stereocenters. The van der Waals surface area contributed by atoms with Crippen LogP contribution < -0.4 is 5.32 Å². The number of anilines is 1. The van der Waals surface area contributed by atoms with Crippen LogP contribution in [0.15, 0.2) is 41.3 Å². The summed E-state index contributed by atoms with van der Waals surface area (Å²) in [5, 5.41) is 11.6. The average molecular weight is 476 g/mol. The fraction of sp³-hybridized carbons (Fsp3) is 0.409. The summed E-state index contributed by atoms with van der Waals surface area (Å²) >= 11 is 6.07. The molecule has 0 saturated carbocycles. The molecule has 2 heterocycles. The van der Waals surface area contributed by atoms with Crippen LogP contribution in [0.1, 0.15) is 38.2 Å². The standard InChI is InChI=1S/C22H26ClN5O3S/c1-3-11-27-20-10-9-17(14-19(20)25-26-27)32(30,31)28-12-5-4-6-21(28)22(29)24-18-13-16(23)8-7-15(18)2/h7-10,13-14,21H,3-6,11-12H2,1-2H3,(H,24,29)/t21-/m0/s1. The summed E-state index contributed by atoms with van der Waals surface area (Å²) in [6.45, 7) is 4.90. The van der Waals surface area contributed by atoms with Crippen LogP contribution in [0.2, 0.25) is 5.02 Å². The molecule has 0 radical (unpaired) electrons. The summed E-state index contributed by atoms with van der Waals surface area (Å²) < 4.78 is 30.1. The Hall–Kier alpha value is -2.49. The van der Waals surface area contributed by atoms with Gasteiger partial charge in [0.25, 0.3) is 0 Å². The zero-order valence-corrected chi connectivity index (χ0v) is 19.7. The number of aromatic nitrogens is 3. The third-order valence-electron chi connectivity index (χ3n) is 5.74. The first-order valence-electron chi connectivity index (χ1n) is 10.7. The maximum absolute atomic E-state index is 13.5. The number of fused-ring (bicyclic) bond motifs is 1. The third-order valence-corrected chi connectivity index (χ3v) is 7.88. The predicted octanol–water partition coefficient (Wildman–Crippen LogP) is 3.99. The lowest BCUT2D eigenvalue weighted by atomic mass is 10.0. The molecule has 32 heavy (non-hydrogen) atoms. The molecule has 0 bridgehead atoms. The fourth-order valence-electron chi connectivity index (χ4n) is 4.02. The Balaban J connectivity index is 1.63. The number of hydrogen-bond donors (Lipinski definition) is 1. The molecule has 0 spiro atoms. The highest BCUT2D eigenvalue weighted by Gasteiger charge is 2.38. The highest BCUT2D eigenvalue weighted by Crippen LogP contribution is 2.29. The molecule has 4 rings (SSSR count). The van der Waals surface area contributed by atoms with E-state index in [2.05, 4.69) is 15.6 Å². The molecule has 3 aromatic rings. The Morgan fingerprint density at radius 1 is 1.22 bits per heavy atom. The summed E-state index contributed by atoms with van der Waals surface area (Å²) in [5.41, 5.74) is 2.75. The van der Waals surface area contributed by atoms with Crippen LogP contribution in [0.25, 0.3) is 11.0 Å². The lowest BCUT2D eigenvalue weighted by Gasteiger charge is -2.33. The van der Waals surface area contributed by atoms with E-state index in [0.29, 0.717) is 35.6 Å². The predicted molar refractivity (Wildman–Crippen MR) is 124 cm³/mol. The van der Waals surface area contributed by atoms with Gasteiger partial charge < -0.3 is 5.32 Å². The van der Waals surface area contributed by atoms with Crippen molar-refractivity contribution >= 4 is 44.3 Å². The van der Waals surface area contributed by atoms with E-state index in [1.165, 1.54) is 10.4 Å². The van der Waals surface area contributed by atoms with Crippen molar-refractivity contribution in [3.05, 3.63) is 47.0 Å². The number of nitrogens with one attached hydrogen (secondary N) is 1. The van der Waals surface area contributed by atoms with Crippen molar-refractivity contribution in [1.29, 1.82) is 0 Å². The molecule has 170 valence electrons. The number of hydrogen-bond acceptors (Lipinski definition) is 5. The van der Waals surface area contributed by atoms with Gasteiger partial charge in [-0.3, -0.25) is 4.79 Å². The normalized spacial score (nSPS) is 17.5. The van der Waals surface area contributed by atoms with Gasteiger partial charge in [0.2, 0.25) is 15.9 Å². The Kier molecular flexibility index (Phi) is 6.50. The van der Waals surface area contributed by atoms with E-state index >= 15 is 0 Å². The van der Waals surface area contributed by atoms with Crippen LogP contribution in [0.4, 0.5) is 5.69 Å². The van der Waals surface area contributed by atoms with Gasteiger partial charge in [-0.2, -0.15) is 4.31 Å². The van der Waals surface area contributed by atoms with Gasteiger partial charge in [-0.1, -0.05) is 36.2 Å². The molecule has 1 N–H and O–H groups in total. The minimum Gasteiger partial charge on any atom is -0.324 e. The molecule has 1 amide bonds. The number of aryl methyl sites for hydroxylation is 2. The zero-order valence-electron chi connectivity index (χ0n) is 18.1. The van der Waals surface area contributed by atoms with E-state index in [4.69, 9.17) is 11.6 Å². The van der Waals surface area contributed by atoms with Crippen molar-refractivity contribution < 1.29 is 13.2 Å². The average Bonchev–Trinajstić information content (AvgIpc) is 3.18. The molecule has 8 nitrogen and oxygen atoms in total. The Labute approximate surface area is 192 Å². The summed E-state index contributed by atoms with van der Waals surface area (Å²) in [4.78, 5) is 13.2. The summed E-state index contributed by atoms with van der Waals surface area (Å²) in [5.74, 6) is -0.353. The second-order valence-corrected chi connectivity index (χ2v) is 10.4. The molecule has 1 aliphatic rings. The summed E-state index contributed by atoms with van der Waals surface area (Å²) in [6.07, 6.45) is 2.84.